The van der Waals surface area contributed by atoms with Gasteiger partial charge in [-0.2, -0.15) is 0 Å². The van der Waals surface area contributed by atoms with E-state index in [1.54, 1.807) is 10.9 Å². The molecule has 0 saturated heterocycles. The van der Waals surface area contributed by atoms with Crippen LogP contribution in [0, 0.1) is 0 Å². The minimum atomic E-state index is -0.0947. The van der Waals surface area contributed by atoms with Crippen molar-refractivity contribution in [3.05, 3.63) is 24.4 Å². The van der Waals surface area contributed by atoms with Gasteiger partial charge in [-0.3, -0.25) is 0 Å². The van der Waals surface area contributed by atoms with Crippen LogP contribution in [0.2, 0.25) is 0 Å². The molecule has 3 N–H and O–H groups in total. The highest BCUT2D eigenvalue weighted by Crippen LogP contribution is 2.24. The molecule has 0 radical (unpaired) electrons. The topological polar surface area (TPSA) is 115 Å². The number of aromatic nitrogens is 5. The molecule has 2 aromatic heterocycles. The first kappa shape index (κ1) is 11.3. The first-order valence-corrected chi connectivity index (χ1v) is 5.34. The summed E-state index contributed by atoms with van der Waals surface area (Å²) in [6.45, 7) is 0. The van der Waals surface area contributed by atoms with Crippen LogP contribution < -0.4 is 5.73 Å². The number of hydrogen-bond acceptors (Lipinski definition) is 7. The quantitative estimate of drug-likeness (QED) is 0.337. The number of aryl methyl sites for hydroxylation is 1. The van der Waals surface area contributed by atoms with Crippen molar-refractivity contribution in [1.29, 1.82) is 0 Å². The van der Waals surface area contributed by atoms with Crippen LogP contribution in [-0.4, -0.2) is 35.8 Å². The Balaban J connectivity index is 2.36. The largest absolute Gasteiger partial charge is 0.409 e. The van der Waals surface area contributed by atoms with E-state index in [4.69, 9.17) is 10.9 Å². The van der Waals surface area contributed by atoms with Crippen molar-refractivity contribution in [2.45, 2.75) is 10.2 Å². The second-order valence-corrected chi connectivity index (χ2v) is 3.98. The summed E-state index contributed by atoms with van der Waals surface area (Å²) in [6.07, 6.45) is 4.56. The third-order valence-electron chi connectivity index (χ3n) is 1.87. The summed E-state index contributed by atoms with van der Waals surface area (Å²) in [4.78, 5) is 8.11. The molecule has 2 rings (SSSR count). The first-order chi connectivity index (χ1) is 8.22. The molecule has 0 aliphatic heterocycles. The predicted octanol–water partition coefficient (Wildman–Crippen LogP) is -0.149. The highest BCUT2D eigenvalue weighted by atomic mass is 32.2. The Bertz CT molecular complexity index is 552. The average molecular weight is 251 g/mol. The van der Waals surface area contributed by atoms with Crippen molar-refractivity contribution in [2.75, 3.05) is 0 Å². The van der Waals surface area contributed by atoms with Crippen LogP contribution in [-0.2, 0) is 7.05 Å². The van der Waals surface area contributed by atoms with Gasteiger partial charge < -0.3 is 15.5 Å². The summed E-state index contributed by atoms with van der Waals surface area (Å²) in [7, 11) is 1.81. The van der Waals surface area contributed by atoms with Crippen molar-refractivity contribution in [3.8, 4) is 0 Å². The third-order valence-corrected chi connectivity index (χ3v) is 2.92. The Kier molecular flexibility index (Phi) is 3.19. The van der Waals surface area contributed by atoms with Gasteiger partial charge in [-0.15, -0.1) is 10.2 Å². The van der Waals surface area contributed by atoms with Gasteiger partial charge in [-0.05, 0) is 11.8 Å². The molecule has 0 aromatic carbocycles. The molecule has 17 heavy (non-hydrogen) atoms. The van der Waals surface area contributed by atoms with Crippen LogP contribution in [0.15, 0.2) is 34.1 Å². The second kappa shape index (κ2) is 4.78. The molecule has 2 aromatic rings. The predicted molar refractivity (Wildman–Crippen MR) is 59.7 cm³/mol. The van der Waals surface area contributed by atoms with Crippen molar-refractivity contribution >= 4 is 17.6 Å². The van der Waals surface area contributed by atoms with Crippen molar-refractivity contribution in [3.63, 3.8) is 0 Å². The molecular formula is C8H9N7OS. The molecule has 0 bridgehead atoms. The summed E-state index contributed by atoms with van der Waals surface area (Å²) < 4.78 is 1.73. The Morgan fingerprint density at radius 1 is 1.47 bits per heavy atom. The SMILES string of the molecule is Cn1cnnc1Sc1nccnc1C(N)=NO. The van der Waals surface area contributed by atoms with E-state index in [1.807, 2.05) is 7.05 Å². The van der Waals surface area contributed by atoms with Crippen LogP contribution in [0.1, 0.15) is 5.69 Å². The fourth-order valence-corrected chi connectivity index (χ4v) is 1.89. The average Bonchev–Trinajstić information content (AvgIpc) is 2.75. The summed E-state index contributed by atoms with van der Waals surface area (Å²) >= 11 is 1.23. The Morgan fingerprint density at radius 2 is 2.24 bits per heavy atom. The molecule has 8 nitrogen and oxygen atoms in total. The van der Waals surface area contributed by atoms with E-state index < -0.39 is 0 Å². The van der Waals surface area contributed by atoms with Gasteiger partial charge >= 0.3 is 0 Å². The zero-order valence-electron chi connectivity index (χ0n) is 8.85. The minimum Gasteiger partial charge on any atom is -0.409 e. The van der Waals surface area contributed by atoms with Gasteiger partial charge in [0.2, 0.25) is 0 Å². The standard InChI is InChI=1S/C8H9N7OS/c1-15-4-12-13-8(15)17-7-5(6(9)14-16)10-2-3-11-7/h2-4,16H,1H3,(H2,9,14). The number of nitrogens with two attached hydrogens (primary N) is 1. The number of nitrogens with zero attached hydrogens (tertiary/aromatic N) is 6. The van der Waals surface area contributed by atoms with Crippen LogP contribution in [0.3, 0.4) is 0 Å². The maximum atomic E-state index is 8.65. The normalized spacial score (nSPS) is 11.7. The molecular weight excluding hydrogens is 242 g/mol. The summed E-state index contributed by atoms with van der Waals surface area (Å²) in [6, 6.07) is 0. The van der Waals surface area contributed by atoms with Crippen LogP contribution in [0.4, 0.5) is 0 Å². The van der Waals surface area contributed by atoms with E-state index in [0.29, 0.717) is 15.9 Å². The van der Waals surface area contributed by atoms with Crippen LogP contribution in [0.5, 0.6) is 0 Å². The fourth-order valence-electron chi connectivity index (χ4n) is 1.07. The number of hydrogen-bond donors (Lipinski definition) is 2. The van der Waals surface area contributed by atoms with E-state index in [-0.39, 0.29) is 5.84 Å². The van der Waals surface area contributed by atoms with Crippen LogP contribution >= 0.6 is 11.8 Å². The van der Waals surface area contributed by atoms with Gasteiger partial charge in [-0.25, -0.2) is 9.97 Å². The molecule has 9 heteroatoms. The monoisotopic (exact) mass is 251 g/mol. The van der Waals surface area contributed by atoms with Crippen molar-refractivity contribution in [2.24, 2.45) is 17.9 Å². The first-order valence-electron chi connectivity index (χ1n) is 4.53. The van der Waals surface area contributed by atoms with E-state index in [9.17, 15) is 0 Å². The molecule has 0 unspecified atom stereocenters. The van der Waals surface area contributed by atoms with Gasteiger partial charge in [0.1, 0.15) is 17.0 Å². The molecule has 0 saturated carbocycles. The van der Waals surface area contributed by atoms with Crippen molar-refractivity contribution in [1.82, 2.24) is 24.7 Å². The molecule has 0 atom stereocenters. The highest BCUT2D eigenvalue weighted by Gasteiger charge is 2.13. The summed E-state index contributed by atoms with van der Waals surface area (Å²) in [5.74, 6) is -0.0947. The lowest BCUT2D eigenvalue weighted by molar-refractivity contribution is 0.318. The van der Waals surface area contributed by atoms with Gasteiger partial charge in [0.25, 0.3) is 0 Å². The maximum Gasteiger partial charge on any atom is 0.197 e. The van der Waals surface area contributed by atoms with Gasteiger partial charge in [-0.1, -0.05) is 5.16 Å². The van der Waals surface area contributed by atoms with E-state index in [1.165, 1.54) is 24.2 Å². The Labute approximate surface area is 101 Å². The molecule has 0 aliphatic rings. The van der Waals surface area contributed by atoms with E-state index in [0.717, 1.165) is 0 Å². The van der Waals surface area contributed by atoms with Gasteiger partial charge in [0.05, 0.1) is 0 Å². The Hall–Kier alpha value is -2.16. The third kappa shape index (κ3) is 2.33. The van der Waals surface area contributed by atoms with Crippen LogP contribution in [0.25, 0.3) is 0 Å². The smallest absolute Gasteiger partial charge is 0.197 e. The summed E-state index contributed by atoms with van der Waals surface area (Å²) in [5.41, 5.74) is 5.81. The minimum absolute atomic E-state index is 0.0947. The lowest BCUT2D eigenvalue weighted by atomic mass is 10.4. The molecule has 0 amide bonds. The van der Waals surface area contributed by atoms with Gasteiger partial charge in [0.15, 0.2) is 11.0 Å². The molecule has 0 aliphatic carbocycles. The van der Waals surface area contributed by atoms with Crippen molar-refractivity contribution < 1.29 is 5.21 Å². The lowest BCUT2D eigenvalue weighted by Gasteiger charge is -2.04. The van der Waals surface area contributed by atoms with E-state index in [2.05, 4.69) is 25.3 Å². The Morgan fingerprint density at radius 3 is 2.88 bits per heavy atom. The number of amidine groups is 1. The molecule has 88 valence electrons. The molecule has 0 fully saturated rings. The fraction of sp³-hybridized carbons (Fsp3) is 0.125. The maximum absolute atomic E-state index is 8.65. The molecule has 2 heterocycles. The van der Waals surface area contributed by atoms with E-state index >= 15 is 0 Å². The lowest BCUT2D eigenvalue weighted by Crippen LogP contribution is -2.16. The van der Waals surface area contributed by atoms with Gasteiger partial charge in [0, 0.05) is 19.4 Å². The highest BCUT2D eigenvalue weighted by molar-refractivity contribution is 7.99. The second-order valence-electron chi connectivity index (χ2n) is 3.02. The summed E-state index contributed by atoms with van der Waals surface area (Å²) in [5, 5.41) is 20.3. The number of oxime groups is 1. The zero-order chi connectivity index (χ0) is 12.3. The molecule has 0 spiro atoms. The zero-order valence-corrected chi connectivity index (χ0v) is 9.66. The number of rotatable bonds is 3.